The standard InChI is InChI=1S/C21H13N3O6/c1-24(2)8-3-4-14-13(5-8)19(27)23-18(22-14)15-16(25)9-6-11-12(7-10(9)17(15)26)21(29)30-20(11)28/h3-7,22H,1-2H3,(H,23,27). The highest BCUT2D eigenvalue weighted by Gasteiger charge is 2.41. The predicted molar refractivity (Wildman–Crippen MR) is 104 cm³/mol. The van der Waals surface area contributed by atoms with Gasteiger partial charge >= 0.3 is 11.9 Å². The smallest absolute Gasteiger partial charge is 0.346 e. The minimum atomic E-state index is -0.867. The molecule has 3 aliphatic rings. The largest absolute Gasteiger partial charge is 0.386 e. The Bertz CT molecular complexity index is 1230. The lowest BCUT2D eigenvalue weighted by molar-refractivity contribution is 0.0443. The van der Waals surface area contributed by atoms with Crippen molar-refractivity contribution < 1.29 is 28.7 Å². The first kappa shape index (κ1) is 17.8. The fourth-order valence-electron chi connectivity index (χ4n) is 3.69. The number of carbonyl (C=O) groups is 5. The van der Waals surface area contributed by atoms with Crippen molar-refractivity contribution in [3.05, 3.63) is 69.5 Å². The minimum Gasteiger partial charge on any atom is -0.386 e. The molecule has 0 saturated heterocycles. The second-order valence-corrected chi connectivity index (χ2v) is 7.23. The van der Waals surface area contributed by atoms with E-state index in [-0.39, 0.29) is 33.6 Å². The van der Waals surface area contributed by atoms with Crippen LogP contribution in [-0.2, 0) is 4.74 Å². The monoisotopic (exact) mass is 403 g/mol. The van der Waals surface area contributed by atoms with Gasteiger partial charge in [0.1, 0.15) is 11.4 Å². The molecule has 2 aromatic rings. The summed E-state index contributed by atoms with van der Waals surface area (Å²) in [6, 6.07) is 7.54. The van der Waals surface area contributed by atoms with E-state index in [4.69, 9.17) is 0 Å². The van der Waals surface area contributed by atoms with Crippen LogP contribution in [0, 0.1) is 0 Å². The maximum absolute atomic E-state index is 12.9. The molecule has 0 bridgehead atoms. The number of ketones is 2. The highest BCUT2D eigenvalue weighted by molar-refractivity contribution is 6.41. The van der Waals surface area contributed by atoms with Gasteiger partial charge in [-0.2, -0.15) is 0 Å². The molecule has 0 spiro atoms. The second kappa shape index (κ2) is 5.86. The summed E-state index contributed by atoms with van der Waals surface area (Å²) in [6.07, 6.45) is 0. The lowest BCUT2D eigenvalue weighted by Crippen LogP contribution is -2.35. The van der Waals surface area contributed by atoms with E-state index in [2.05, 4.69) is 15.4 Å². The lowest BCUT2D eigenvalue weighted by Gasteiger charge is -2.24. The predicted octanol–water partition coefficient (Wildman–Crippen LogP) is 1.51. The first-order valence-corrected chi connectivity index (χ1v) is 8.94. The van der Waals surface area contributed by atoms with E-state index in [0.29, 0.717) is 11.3 Å². The Morgan fingerprint density at radius 3 is 1.90 bits per heavy atom. The summed E-state index contributed by atoms with van der Waals surface area (Å²) in [7, 11) is 3.68. The average molecular weight is 403 g/mol. The van der Waals surface area contributed by atoms with Crippen molar-refractivity contribution >= 4 is 40.8 Å². The number of amides is 1. The van der Waals surface area contributed by atoms with Gasteiger partial charge in [0.15, 0.2) is 0 Å². The molecular weight excluding hydrogens is 390 g/mol. The molecule has 5 rings (SSSR count). The van der Waals surface area contributed by atoms with Crippen molar-refractivity contribution in [2.75, 3.05) is 24.3 Å². The van der Waals surface area contributed by atoms with E-state index in [0.717, 1.165) is 5.69 Å². The molecule has 148 valence electrons. The molecule has 9 nitrogen and oxygen atoms in total. The fraction of sp³-hybridized carbons (Fsp3) is 0.0952. The average Bonchev–Trinajstić information content (AvgIpc) is 3.13. The molecular formula is C21H13N3O6. The van der Waals surface area contributed by atoms with Crippen LogP contribution < -0.4 is 15.5 Å². The van der Waals surface area contributed by atoms with Gasteiger partial charge in [-0.1, -0.05) is 0 Å². The maximum Gasteiger partial charge on any atom is 0.346 e. The zero-order chi connectivity index (χ0) is 21.3. The third-order valence-corrected chi connectivity index (χ3v) is 5.24. The molecule has 0 aromatic heterocycles. The van der Waals surface area contributed by atoms with E-state index < -0.39 is 29.4 Å². The number of hydrogen-bond donors (Lipinski definition) is 2. The number of allylic oxidation sites excluding steroid dienone is 1. The van der Waals surface area contributed by atoms with Crippen LogP contribution in [0.5, 0.6) is 0 Å². The van der Waals surface area contributed by atoms with Crippen LogP contribution in [-0.4, -0.2) is 43.5 Å². The number of cyclic esters (lactones) is 2. The molecule has 0 fully saturated rings. The number of fused-ring (bicyclic) bond motifs is 3. The quantitative estimate of drug-likeness (QED) is 0.318. The molecule has 2 aliphatic heterocycles. The third-order valence-electron chi connectivity index (χ3n) is 5.24. The summed E-state index contributed by atoms with van der Waals surface area (Å²) in [6.45, 7) is 0. The zero-order valence-electron chi connectivity index (χ0n) is 15.8. The van der Waals surface area contributed by atoms with Gasteiger partial charge in [0.05, 0.1) is 22.4 Å². The Morgan fingerprint density at radius 1 is 0.733 bits per heavy atom. The van der Waals surface area contributed by atoms with Gasteiger partial charge in [0.25, 0.3) is 5.91 Å². The first-order chi connectivity index (χ1) is 14.3. The van der Waals surface area contributed by atoms with E-state index >= 15 is 0 Å². The SMILES string of the molecule is CN(C)c1ccc2c(c1)C(=O)NC(=C1C(=O)c3cc4c(cc3C1=O)C(=O)OC4=O)N2. The number of nitrogens with zero attached hydrogens (tertiary/aromatic N) is 1. The Kier molecular flexibility index (Phi) is 3.48. The zero-order valence-corrected chi connectivity index (χ0v) is 15.8. The Hall–Kier alpha value is -4.27. The van der Waals surface area contributed by atoms with Crippen LogP contribution in [0.3, 0.4) is 0 Å². The van der Waals surface area contributed by atoms with Crippen LogP contribution in [0.25, 0.3) is 0 Å². The van der Waals surface area contributed by atoms with Gasteiger partial charge in [-0.05, 0) is 30.3 Å². The molecule has 1 aliphatic carbocycles. The van der Waals surface area contributed by atoms with Crippen molar-refractivity contribution in [2.45, 2.75) is 0 Å². The fourth-order valence-corrected chi connectivity index (χ4v) is 3.69. The lowest BCUT2D eigenvalue weighted by atomic mass is 10.0. The number of carbonyl (C=O) groups excluding carboxylic acids is 5. The molecule has 0 unspecified atom stereocenters. The third kappa shape index (κ3) is 2.32. The number of esters is 2. The van der Waals surface area contributed by atoms with Crippen molar-refractivity contribution in [1.29, 1.82) is 0 Å². The number of ether oxygens (including phenoxy) is 1. The Morgan fingerprint density at radius 2 is 1.33 bits per heavy atom. The van der Waals surface area contributed by atoms with Crippen molar-refractivity contribution in [3.63, 3.8) is 0 Å². The van der Waals surface area contributed by atoms with Crippen LogP contribution >= 0.6 is 0 Å². The first-order valence-electron chi connectivity index (χ1n) is 8.94. The normalized spacial score (nSPS) is 16.7. The van der Waals surface area contributed by atoms with Crippen LogP contribution in [0.1, 0.15) is 51.8 Å². The highest BCUT2D eigenvalue weighted by atomic mass is 16.6. The highest BCUT2D eigenvalue weighted by Crippen LogP contribution is 2.35. The van der Waals surface area contributed by atoms with E-state index in [1.54, 1.807) is 18.2 Å². The summed E-state index contributed by atoms with van der Waals surface area (Å²) < 4.78 is 4.52. The summed E-state index contributed by atoms with van der Waals surface area (Å²) >= 11 is 0. The minimum absolute atomic E-state index is 0.0160. The summed E-state index contributed by atoms with van der Waals surface area (Å²) in [5, 5.41) is 5.50. The van der Waals surface area contributed by atoms with Crippen LogP contribution in [0.4, 0.5) is 11.4 Å². The van der Waals surface area contributed by atoms with Gasteiger partial charge < -0.3 is 20.3 Å². The number of Topliss-reactive ketones (excluding diaryl/α,β-unsaturated/α-hetero) is 2. The molecule has 30 heavy (non-hydrogen) atoms. The van der Waals surface area contributed by atoms with Crippen molar-refractivity contribution in [3.8, 4) is 0 Å². The molecule has 2 N–H and O–H groups in total. The molecule has 1 amide bonds. The van der Waals surface area contributed by atoms with Crippen LogP contribution in [0.2, 0.25) is 0 Å². The molecule has 0 saturated carbocycles. The summed E-state index contributed by atoms with van der Waals surface area (Å²) in [4.78, 5) is 63.9. The number of benzene rings is 2. The van der Waals surface area contributed by atoms with E-state index in [9.17, 15) is 24.0 Å². The van der Waals surface area contributed by atoms with Gasteiger partial charge in [0, 0.05) is 30.9 Å². The number of hydrogen-bond acceptors (Lipinski definition) is 8. The number of anilines is 2. The summed E-state index contributed by atoms with van der Waals surface area (Å²) in [5.41, 5.74) is 1.22. The second-order valence-electron chi connectivity index (χ2n) is 7.23. The van der Waals surface area contributed by atoms with E-state index in [1.807, 2.05) is 19.0 Å². The maximum atomic E-state index is 12.9. The van der Waals surface area contributed by atoms with Crippen LogP contribution in [0.15, 0.2) is 41.7 Å². The molecule has 2 aromatic carbocycles. The van der Waals surface area contributed by atoms with Crippen molar-refractivity contribution in [2.24, 2.45) is 0 Å². The molecule has 0 atom stereocenters. The Labute approximate surface area is 169 Å². The number of rotatable bonds is 1. The molecule has 9 heteroatoms. The van der Waals surface area contributed by atoms with Gasteiger partial charge in [-0.25, -0.2) is 9.59 Å². The Balaban J connectivity index is 1.60. The number of nitrogens with one attached hydrogen (secondary N) is 2. The van der Waals surface area contributed by atoms with Gasteiger partial charge in [-0.15, -0.1) is 0 Å². The summed E-state index contributed by atoms with van der Waals surface area (Å²) in [5.74, 6) is -3.54. The molecule has 2 heterocycles. The van der Waals surface area contributed by atoms with Crippen molar-refractivity contribution in [1.82, 2.24) is 5.32 Å². The molecule has 0 radical (unpaired) electrons. The van der Waals surface area contributed by atoms with E-state index in [1.165, 1.54) is 12.1 Å². The van der Waals surface area contributed by atoms with Gasteiger partial charge in [0.2, 0.25) is 11.6 Å². The van der Waals surface area contributed by atoms with Gasteiger partial charge in [-0.3, -0.25) is 14.4 Å². The topological polar surface area (TPSA) is 122 Å².